The van der Waals surface area contributed by atoms with E-state index in [4.69, 9.17) is 16.0 Å². The highest BCUT2D eigenvalue weighted by Crippen LogP contribution is 2.37. The molecular formula is C17H15ClN2O2S3. The number of hydrogen-bond acceptors (Lipinski definition) is 7. The Kier molecular flexibility index (Phi) is 4.99. The molecule has 4 nitrogen and oxygen atoms in total. The van der Waals surface area contributed by atoms with Crippen LogP contribution < -0.4 is 0 Å². The largest absolute Gasteiger partial charge is 0.410 e. The quantitative estimate of drug-likeness (QED) is 0.404. The maximum absolute atomic E-state index is 12.1. The van der Waals surface area contributed by atoms with Gasteiger partial charge in [-0.1, -0.05) is 30.3 Å². The molecule has 0 unspecified atom stereocenters. The molecule has 0 amide bonds. The Hall–Kier alpha value is -1.15. The smallest absolute Gasteiger partial charge is 0.277 e. The van der Waals surface area contributed by atoms with Crippen molar-refractivity contribution in [1.82, 2.24) is 10.2 Å². The number of nitrogens with zero attached hydrogens (tertiary/aromatic N) is 2. The third kappa shape index (κ3) is 3.84. The van der Waals surface area contributed by atoms with Crippen LogP contribution in [-0.2, 0) is 12.8 Å². The summed E-state index contributed by atoms with van der Waals surface area (Å²) >= 11 is 10.2. The molecule has 8 heteroatoms. The monoisotopic (exact) mass is 410 g/mol. The van der Waals surface area contributed by atoms with Crippen molar-refractivity contribution in [3.8, 4) is 10.8 Å². The molecule has 3 aromatic heterocycles. The number of halogens is 1. The van der Waals surface area contributed by atoms with E-state index in [9.17, 15) is 4.79 Å². The van der Waals surface area contributed by atoms with Gasteiger partial charge < -0.3 is 4.42 Å². The zero-order valence-electron chi connectivity index (χ0n) is 13.5. The first-order valence-corrected chi connectivity index (χ1v) is 10.9. The summed E-state index contributed by atoms with van der Waals surface area (Å²) in [6.07, 6.45) is 3.50. The predicted molar refractivity (Wildman–Crippen MR) is 103 cm³/mol. The fourth-order valence-corrected chi connectivity index (χ4v) is 5.69. The maximum Gasteiger partial charge on any atom is 0.277 e. The third-order valence-corrected chi connectivity index (χ3v) is 7.44. The average molecular weight is 411 g/mol. The lowest BCUT2D eigenvalue weighted by molar-refractivity contribution is 0.102. The normalized spacial score (nSPS) is 16.8. The van der Waals surface area contributed by atoms with Crippen molar-refractivity contribution >= 4 is 51.8 Å². The number of thiophene rings is 2. The van der Waals surface area contributed by atoms with Gasteiger partial charge in [-0.2, -0.15) is 0 Å². The minimum atomic E-state index is 0.0159. The average Bonchev–Trinajstić information content (AvgIpc) is 3.30. The van der Waals surface area contributed by atoms with Crippen LogP contribution in [0.4, 0.5) is 0 Å². The highest BCUT2D eigenvalue weighted by Gasteiger charge is 2.21. The van der Waals surface area contributed by atoms with Gasteiger partial charge in [0.1, 0.15) is 0 Å². The molecule has 4 rings (SSSR count). The van der Waals surface area contributed by atoms with Crippen molar-refractivity contribution in [2.24, 2.45) is 5.92 Å². The van der Waals surface area contributed by atoms with Crippen LogP contribution in [0.3, 0.4) is 0 Å². The summed E-state index contributed by atoms with van der Waals surface area (Å²) in [7, 11) is 0. The first kappa shape index (κ1) is 17.3. The minimum Gasteiger partial charge on any atom is -0.410 e. The summed E-state index contributed by atoms with van der Waals surface area (Å²) in [6, 6.07) is 5.65. The highest BCUT2D eigenvalue weighted by atomic mass is 35.5. The third-order valence-electron chi connectivity index (χ3n) is 4.12. The predicted octanol–water partition coefficient (Wildman–Crippen LogP) is 5.61. The Bertz CT molecular complexity index is 915. The lowest BCUT2D eigenvalue weighted by Crippen LogP contribution is -2.07. The van der Waals surface area contributed by atoms with Crippen molar-refractivity contribution in [3.05, 3.63) is 37.9 Å². The van der Waals surface area contributed by atoms with Crippen molar-refractivity contribution in [2.45, 2.75) is 31.4 Å². The summed E-state index contributed by atoms with van der Waals surface area (Å²) < 4.78 is 6.36. The van der Waals surface area contributed by atoms with E-state index >= 15 is 0 Å². The Morgan fingerprint density at radius 1 is 1.40 bits per heavy atom. The highest BCUT2D eigenvalue weighted by molar-refractivity contribution is 7.99. The van der Waals surface area contributed by atoms with Crippen LogP contribution in [0.25, 0.3) is 10.8 Å². The van der Waals surface area contributed by atoms with Gasteiger partial charge in [-0.25, -0.2) is 0 Å². The molecule has 130 valence electrons. The molecule has 0 aliphatic heterocycles. The van der Waals surface area contributed by atoms with E-state index in [-0.39, 0.29) is 11.5 Å². The summed E-state index contributed by atoms with van der Waals surface area (Å²) in [5, 5.41) is 8.63. The van der Waals surface area contributed by atoms with Gasteiger partial charge in [-0.3, -0.25) is 4.79 Å². The van der Waals surface area contributed by atoms with Gasteiger partial charge in [0.15, 0.2) is 5.78 Å². The van der Waals surface area contributed by atoms with Crippen LogP contribution in [0.5, 0.6) is 0 Å². The number of Topliss-reactive ketones (excluding diaryl/α,β-unsaturated/α-hetero) is 1. The van der Waals surface area contributed by atoms with Gasteiger partial charge in [0, 0.05) is 4.88 Å². The summed E-state index contributed by atoms with van der Waals surface area (Å²) in [6.45, 7) is 2.29. The lowest BCUT2D eigenvalue weighted by atomic mass is 9.90. The molecular weight excluding hydrogens is 396 g/mol. The van der Waals surface area contributed by atoms with Crippen LogP contribution >= 0.6 is 46.0 Å². The molecule has 25 heavy (non-hydrogen) atoms. The van der Waals surface area contributed by atoms with Gasteiger partial charge in [-0.15, -0.1) is 32.9 Å². The van der Waals surface area contributed by atoms with Crippen LogP contribution in [-0.4, -0.2) is 21.7 Å². The topological polar surface area (TPSA) is 56.0 Å². The number of carbonyl (C=O) groups excluding carboxylic acids is 1. The van der Waals surface area contributed by atoms with E-state index in [2.05, 4.69) is 23.2 Å². The number of ketones is 1. The van der Waals surface area contributed by atoms with E-state index in [0.29, 0.717) is 20.3 Å². The molecule has 1 aliphatic rings. The Morgan fingerprint density at radius 3 is 3.08 bits per heavy atom. The number of rotatable bonds is 5. The van der Waals surface area contributed by atoms with E-state index in [1.54, 1.807) is 23.5 Å². The maximum atomic E-state index is 12.1. The van der Waals surface area contributed by atoms with Crippen LogP contribution in [0.1, 0.15) is 33.5 Å². The van der Waals surface area contributed by atoms with Crippen molar-refractivity contribution in [1.29, 1.82) is 0 Å². The molecule has 0 bridgehead atoms. The van der Waals surface area contributed by atoms with E-state index in [1.807, 2.05) is 0 Å². The first-order chi connectivity index (χ1) is 12.1. The number of carbonyl (C=O) groups is 1. The zero-order valence-corrected chi connectivity index (χ0v) is 16.7. The summed E-state index contributed by atoms with van der Waals surface area (Å²) in [5.41, 5.74) is 1.41. The molecule has 0 aromatic carbocycles. The molecule has 0 saturated heterocycles. The minimum absolute atomic E-state index is 0.0159. The van der Waals surface area contributed by atoms with Crippen molar-refractivity contribution in [2.75, 3.05) is 5.75 Å². The fraction of sp³-hybridized carbons (Fsp3) is 0.353. The Balaban J connectivity index is 1.43. The lowest BCUT2D eigenvalue weighted by Gasteiger charge is -2.16. The van der Waals surface area contributed by atoms with Crippen LogP contribution in [0.2, 0.25) is 4.34 Å². The number of fused-ring (bicyclic) bond motifs is 1. The number of thioether (sulfide) groups is 1. The second-order valence-electron chi connectivity index (χ2n) is 6.10. The number of aryl methyl sites for hydroxylation is 1. The standard InChI is InChI=1S/C17H15ClN2O2S3/c1-9-2-3-12-10(6-9)7-14(24-12)16-19-20-17(22-16)23-8-11(21)13-4-5-15(18)25-13/h4-5,7,9H,2-3,6,8H2,1H3/t9-/m0/s1. The van der Waals surface area contributed by atoms with E-state index < -0.39 is 0 Å². The van der Waals surface area contributed by atoms with Crippen LogP contribution in [0.15, 0.2) is 27.8 Å². The molecule has 3 aromatic rings. The number of hydrogen-bond donors (Lipinski definition) is 0. The van der Waals surface area contributed by atoms with Gasteiger partial charge in [0.05, 0.1) is 19.8 Å². The van der Waals surface area contributed by atoms with Gasteiger partial charge in [-0.05, 0) is 48.9 Å². The first-order valence-electron chi connectivity index (χ1n) is 7.95. The molecule has 0 fully saturated rings. The van der Waals surface area contributed by atoms with E-state index in [0.717, 1.165) is 23.6 Å². The van der Waals surface area contributed by atoms with Gasteiger partial charge in [0.25, 0.3) is 11.1 Å². The molecule has 0 N–H and O–H groups in total. The van der Waals surface area contributed by atoms with Crippen molar-refractivity contribution < 1.29 is 9.21 Å². The Labute approximate surface area is 162 Å². The second kappa shape index (κ2) is 7.23. The molecule has 1 aliphatic carbocycles. The number of aromatic nitrogens is 2. The van der Waals surface area contributed by atoms with E-state index in [1.165, 1.54) is 40.0 Å². The molecule has 0 saturated carbocycles. The Morgan fingerprint density at radius 2 is 2.28 bits per heavy atom. The fourth-order valence-electron chi connectivity index (χ4n) is 2.84. The van der Waals surface area contributed by atoms with Gasteiger partial charge in [0.2, 0.25) is 0 Å². The summed E-state index contributed by atoms with van der Waals surface area (Å²) in [4.78, 5) is 15.2. The SMILES string of the molecule is C[C@H]1CCc2sc(-c3nnc(SCC(=O)c4ccc(Cl)s4)o3)cc2C1. The van der Waals surface area contributed by atoms with Crippen molar-refractivity contribution in [3.63, 3.8) is 0 Å². The van der Waals surface area contributed by atoms with Gasteiger partial charge >= 0.3 is 0 Å². The second-order valence-corrected chi connectivity index (χ2v) is 9.87. The molecule has 0 spiro atoms. The zero-order chi connectivity index (χ0) is 17.4. The summed E-state index contributed by atoms with van der Waals surface area (Å²) in [5.74, 6) is 1.56. The molecule has 3 heterocycles. The van der Waals surface area contributed by atoms with Crippen LogP contribution in [0, 0.1) is 5.92 Å². The molecule has 0 radical (unpaired) electrons. The molecule has 1 atom stereocenters.